The maximum absolute atomic E-state index is 13.7. The van der Waals surface area contributed by atoms with Crippen molar-refractivity contribution in [2.45, 2.75) is 25.3 Å². The first kappa shape index (κ1) is 24.0. The molecule has 3 aromatic rings. The number of piperidine rings is 1. The molecular weight excluding hydrogens is 479 g/mol. The first-order valence-corrected chi connectivity index (χ1v) is 12.4. The van der Waals surface area contributed by atoms with Gasteiger partial charge in [-0.1, -0.05) is 53.5 Å². The molecule has 8 heteroatoms. The van der Waals surface area contributed by atoms with Crippen molar-refractivity contribution in [3.05, 3.63) is 63.5 Å². The third kappa shape index (κ3) is 5.20. The average molecular weight is 505 g/mol. The molecule has 1 fully saturated rings. The van der Waals surface area contributed by atoms with Gasteiger partial charge in [0.1, 0.15) is 11.5 Å². The fourth-order valence-electron chi connectivity index (χ4n) is 3.92. The minimum atomic E-state index is -0.264. The van der Waals surface area contributed by atoms with Gasteiger partial charge < -0.3 is 20.5 Å². The van der Waals surface area contributed by atoms with Gasteiger partial charge in [-0.2, -0.15) is 0 Å². The number of nitrogens with two attached hydrogens (primary N) is 1. The predicted octanol–water partition coefficient (Wildman–Crippen LogP) is 5.71. The number of amides is 1. The van der Waals surface area contributed by atoms with Crippen LogP contribution in [0, 0.1) is 0 Å². The van der Waals surface area contributed by atoms with E-state index in [1.165, 1.54) is 11.3 Å². The molecule has 5 nitrogen and oxygen atoms in total. The molecule has 0 bridgehead atoms. The second-order valence-corrected chi connectivity index (χ2v) is 10.3. The van der Waals surface area contributed by atoms with Gasteiger partial charge in [-0.25, -0.2) is 0 Å². The fourth-order valence-corrected chi connectivity index (χ4v) is 5.61. The minimum Gasteiger partial charge on any atom is -0.489 e. The largest absolute Gasteiger partial charge is 0.489 e. The van der Waals surface area contributed by atoms with Crippen LogP contribution in [0.4, 0.5) is 0 Å². The number of benzene rings is 2. The van der Waals surface area contributed by atoms with Crippen LogP contribution < -0.4 is 10.5 Å². The molecule has 1 aliphatic heterocycles. The van der Waals surface area contributed by atoms with Gasteiger partial charge in [0.25, 0.3) is 5.91 Å². The third-order valence-electron chi connectivity index (χ3n) is 5.84. The van der Waals surface area contributed by atoms with Gasteiger partial charge in [-0.15, -0.1) is 11.3 Å². The van der Waals surface area contributed by atoms with Crippen molar-refractivity contribution in [1.29, 1.82) is 0 Å². The molecular formula is C25H26Cl2N2O3S. The third-order valence-corrected chi connectivity index (χ3v) is 7.61. The molecule has 3 N–H and O–H groups in total. The van der Waals surface area contributed by atoms with Crippen molar-refractivity contribution in [3.8, 4) is 27.3 Å². The number of likely N-dealkylation sites (tertiary alicyclic amines) is 1. The number of rotatable bonds is 6. The van der Waals surface area contributed by atoms with E-state index in [1.54, 1.807) is 12.1 Å². The van der Waals surface area contributed by atoms with E-state index < -0.39 is 0 Å². The number of hydrogen-bond acceptors (Lipinski definition) is 5. The molecule has 0 saturated carbocycles. The molecule has 0 radical (unpaired) electrons. The van der Waals surface area contributed by atoms with Crippen LogP contribution in [-0.4, -0.2) is 47.8 Å². The second-order valence-electron chi connectivity index (χ2n) is 8.47. The monoisotopic (exact) mass is 504 g/mol. The molecule has 0 spiro atoms. The Kier molecular flexibility index (Phi) is 7.31. The van der Waals surface area contributed by atoms with E-state index in [0.717, 1.165) is 34.4 Å². The van der Waals surface area contributed by atoms with Crippen LogP contribution in [0.3, 0.4) is 0 Å². The Morgan fingerprint density at radius 2 is 1.82 bits per heavy atom. The van der Waals surface area contributed by atoms with Crippen LogP contribution in [0.1, 0.15) is 29.4 Å². The zero-order valence-electron chi connectivity index (χ0n) is 18.3. The van der Waals surface area contributed by atoms with E-state index in [1.807, 2.05) is 48.2 Å². The molecule has 0 unspecified atom stereocenters. The normalized spacial score (nSPS) is 15.5. The minimum absolute atomic E-state index is 0.0699. The number of hydrogen-bond donors (Lipinski definition) is 2. The number of carbonyl (C=O) groups is 1. The summed E-state index contributed by atoms with van der Waals surface area (Å²) in [6.07, 6.45) is 1.47. The van der Waals surface area contributed by atoms with Crippen molar-refractivity contribution < 1.29 is 14.6 Å². The number of halogens is 2. The topological polar surface area (TPSA) is 75.8 Å². The standard InChI is InChI=1S/C25H26Cl2N2O3S/c1-25(28)10-12-29(13-11-25)24(31)23-21(32-15-14-30)20(16-6-8-17(26)9-7-16)22(33-23)18-4-2-3-5-19(18)27/h2-9,30H,10-15,28H2,1H3. The van der Waals surface area contributed by atoms with Crippen molar-refractivity contribution in [2.75, 3.05) is 26.3 Å². The quantitative estimate of drug-likeness (QED) is 0.450. The highest BCUT2D eigenvalue weighted by molar-refractivity contribution is 7.18. The Morgan fingerprint density at radius 3 is 2.45 bits per heavy atom. The molecule has 1 saturated heterocycles. The van der Waals surface area contributed by atoms with E-state index in [-0.39, 0.29) is 24.7 Å². The number of nitrogens with zero attached hydrogens (tertiary/aromatic N) is 1. The molecule has 1 aliphatic rings. The van der Waals surface area contributed by atoms with Gasteiger partial charge in [0.15, 0.2) is 5.75 Å². The van der Waals surface area contributed by atoms with E-state index in [2.05, 4.69) is 0 Å². The smallest absolute Gasteiger partial charge is 0.267 e. The summed E-state index contributed by atoms with van der Waals surface area (Å²) in [5.74, 6) is 0.356. The van der Waals surface area contributed by atoms with Crippen LogP contribution in [-0.2, 0) is 0 Å². The first-order chi connectivity index (χ1) is 15.8. The Labute approximate surface area is 207 Å². The first-order valence-electron chi connectivity index (χ1n) is 10.8. The number of carbonyl (C=O) groups excluding carboxylic acids is 1. The molecule has 33 heavy (non-hydrogen) atoms. The lowest BCUT2D eigenvalue weighted by molar-refractivity contribution is 0.0681. The average Bonchev–Trinajstić information content (AvgIpc) is 3.17. The van der Waals surface area contributed by atoms with Crippen LogP contribution in [0.5, 0.6) is 5.75 Å². The number of ether oxygens (including phenoxy) is 1. The van der Waals surface area contributed by atoms with E-state index in [9.17, 15) is 9.90 Å². The molecule has 1 amide bonds. The van der Waals surface area contributed by atoms with Crippen molar-refractivity contribution in [3.63, 3.8) is 0 Å². The highest BCUT2D eigenvalue weighted by atomic mass is 35.5. The van der Waals surface area contributed by atoms with E-state index in [0.29, 0.717) is 33.8 Å². The van der Waals surface area contributed by atoms with E-state index >= 15 is 0 Å². The van der Waals surface area contributed by atoms with Gasteiger partial charge in [0.05, 0.1) is 6.61 Å². The van der Waals surface area contributed by atoms with Crippen LogP contribution in [0.15, 0.2) is 48.5 Å². The summed E-state index contributed by atoms with van der Waals surface area (Å²) in [7, 11) is 0. The zero-order valence-corrected chi connectivity index (χ0v) is 20.6. The predicted molar refractivity (Wildman–Crippen MR) is 136 cm³/mol. The fraction of sp³-hybridized carbons (Fsp3) is 0.320. The van der Waals surface area contributed by atoms with Crippen molar-refractivity contribution in [1.82, 2.24) is 4.90 Å². The highest BCUT2D eigenvalue weighted by Gasteiger charge is 2.33. The molecule has 4 rings (SSSR count). The van der Waals surface area contributed by atoms with Gasteiger partial charge in [0, 0.05) is 44.7 Å². The Bertz CT molecular complexity index is 1140. The van der Waals surface area contributed by atoms with Crippen molar-refractivity contribution in [2.24, 2.45) is 5.73 Å². The van der Waals surface area contributed by atoms with Crippen LogP contribution >= 0.6 is 34.5 Å². The molecule has 2 heterocycles. The lowest BCUT2D eigenvalue weighted by Gasteiger charge is -2.36. The number of thiophene rings is 1. The summed E-state index contributed by atoms with van der Waals surface area (Å²) in [5, 5.41) is 10.7. The lowest BCUT2D eigenvalue weighted by Crippen LogP contribution is -2.49. The number of aliphatic hydroxyl groups is 1. The Morgan fingerprint density at radius 1 is 1.15 bits per heavy atom. The zero-order chi connectivity index (χ0) is 23.6. The summed E-state index contributed by atoms with van der Waals surface area (Å²) in [4.78, 5) is 16.8. The summed E-state index contributed by atoms with van der Waals surface area (Å²) in [5.41, 5.74) is 8.44. The summed E-state index contributed by atoms with van der Waals surface area (Å²) >= 11 is 14.1. The highest BCUT2D eigenvalue weighted by Crippen LogP contribution is 2.50. The Hall–Kier alpha value is -2.09. The summed E-state index contributed by atoms with van der Waals surface area (Å²) < 4.78 is 6.01. The van der Waals surface area contributed by atoms with Crippen LogP contribution in [0.25, 0.3) is 21.6 Å². The maximum atomic E-state index is 13.7. The molecule has 174 valence electrons. The molecule has 1 aromatic heterocycles. The van der Waals surface area contributed by atoms with E-state index in [4.69, 9.17) is 33.7 Å². The van der Waals surface area contributed by atoms with Gasteiger partial charge in [0.2, 0.25) is 0 Å². The van der Waals surface area contributed by atoms with Gasteiger partial charge in [-0.05, 0) is 43.5 Å². The lowest BCUT2D eigenvalue weighted by atomic mass is 9.91. The summed E-state index contributed by atoms with van der Waals surface area (Å²) in [6, 6.07) is 14.9. The van der Waals surface area contributed by atoms with Gasteiger partial charge in [-0.3, -0.25) is 4.79 Å². The van der Waals surface area contributed by atoms with Crippen molar-refractivity contribution >= 4 is 40.4 Å². The number of aliphatic hydroxyl groups excluding tert-OH is 1. The summed E-state index contributed by atoms with van der Waals surface area (Å²) in [6.45, 7) is 3.09. The second kappa shape index (κ2) is 10.0. The van der Waals surface area contributed by atoms with Gasteiger partial charge >= 0.3 is 0 Å². The SMILES string of the molecule is CC1(N)CCN(C(=O)c2sc(-c3ccccc3Cl)c(-c3ccc(Cl)cc3)c2OCCO)CC1. The maximum Gasteiger partial charge on any atom is 0.267 e. The molecule has 0 aliphatic carbocycles. The Balaban J connectivity index is 1.87. The molecule has 0 atom stereocenters. The van der Waals surface area contributed by atoms with Crippen LogP contribution in [0.2, 0.25) is 10.0 Å². The molecule has 2 aromatic carbocycles.